The van der Waals surface area contributed by atoms with Crippen LogP contribution in [0.1, 0.15) is 13.3 Å². The van der Waals surface area contributed by atoms with Gasteiger partial charge in [-0.1, -0.05) is 0 Å². The number of hydrogen-bond donors (Lipinski definition) is 3. The summed E-state index contributed by atoms with van der Waals surface area (Å²) < 4.78 is 29.1. The Balaban J connectivity index is 2.96. The summed E-state index contributed by atoms with van der Waals surface area (Å²) >= 11 is 0.999. The van der Waals surface area contributed by atoms with E-state index in [0.29, 0.717) is 18.0 Å². The van der Waals surface area contributed by atoms with Crippen molar-refractivity contribution in [2.45, 2.75) is 24.3 Å². The van der Waals surface area contributed by atoms with Crippen LogP contribution in [-0.4, -0.2) is 48.9 Å². The first-order valence-electron chi connectivity index (χ1n) is 5.36. The molecule has 0 amide bonds. The van der Waals surface area contributed by atoms with Gasteiger partial charge in [-0.05, 0) is 24.9 Å². The third-order valence-electron chi connectivity index (χ3n) is 2.26. The number of sulfonamides is 1. The third kappa shape index (κ3) is 3.31. The number of nitrogens with zero attached hydrogens (tertiary/aromatic N) is 2. The second-order valence-electron chi connectivity index (χ2n) is 4.08. The molecule has 1 atom stereocenters. The second kappa shape index (κ2) is 5.83. The van der Waals surface area contributed by atoms with Crippen LogP contribution in [0.15, 0.2) is 4.90 Å². The molecule has 0 aromatic carbocycles. The summed E-state index contributed by atoms with van der Waals surface area (Å²) in [5, 5.41) is 12.5. The Bertz CT molecular complexity index is 496. The normalized spacial score (nSPS) is 13.8. The number of aliphatic hydroxyl groups excluding tert-OH is 1. The van der Waals surface area contributed by atoms with Crippen molar-refractivity contribution >= 4 is 32.4 Å². The van der Waals surface area contributed by atoms with Gasteiger partial charge in [0.25, 0.3) is 0 Å². The molecule has 7 nitrogen and oxygen atoms in total. The maximum atomic E-state index is 12.1. The number of rotatable bonds is 6. The summed E-state index contributed by atoms with van der Waals surface area (Å²) in [5.41, 5.74) is 5.60. The molecular weight excluding hydrogens is 276 g/mol. The Morgan fingerprint density at radius 1 is 1.56 bits per heavy atom. The molecule has 0 aliphatic carbocycles. The van der Waals surface area contributed by atoms with Crippen molar-refractivity contribution < 1.29 is 13.5 Å². The van der Waals surface area contributed by atoms with Crippen LogP contribution in [0.25, 0.3) is 0 Å². The van der Waals surface area contributed by atoms with E-state index in [1.807, 2.05) is 0 Å². The standard InChI is InChI=1S/C9H18N4O3S2/c1-6(14)4-5-11-9-7(8(10)12-17-9)18(15,16)13(2)3/h6,11,14H,4-5H2,1-3H3,(H2,10,12). The Labute approximate surface area is 111 Å². The number of nitrogen functional groups attached to an aromatic ring is 1. The molecule has 1 rings (SSSR count). The largest absolute Gasteiger partial charge is 0.393 e. The van der Waals surface area contributed by atoms with Crippen molar-refractivity contribution in [3.63, 3.8) is 0 Å². The van der Waals surface area contributed by atoms with Gasteiger partial charge in [-0.2, -0.15) is 4.37 Å². The number of anilines is 2. The average molecular weight is 294 g/mol. The van der Waals surface area contributed by atoms with Gasteiger partial charge in [0.05, 0.1) is 6.10 Å². The zero-order chi connectivity index (χ0) is 13.9. The summed E-state index contributed by atoms with van der Waals surface area (Å²) in [7, 11) is -0.741. The Kier molecular flexibility index (Phi) is 4.91. The van der Waals surface area contributed by atoms with Gasteiger partial charge in [-0.3, -0.25) is 0 Å². The molecule has 18 heavy (non-hydrogen) atoms. The molecule has 1 unspecified atom stereocenters. The summed E-state index contributed by atoms with van der Waals surface area (Å²) in [6, 6.07) is 0. The first kappa shape index (κ1) is 15.2. The number of nitrogens with one attached hydrogen (secondary N) is 1. The Morgan fingerprint density at radius 2 is 2.17 bits per heavy atom. The lowest BCUT2D eigenvalue weighted by atomic mass is 10.3. The minimum atomic E-state index is -3.61. The Hall–Kier alpha value is -0.900. The molecule has 0 radical (unpaired) electrons. The molecule has 0 fully saturated rings. The monoisotopic (exact) mass is 294 g/mol. The molecule has 104 valence electrons. The first-order valence-corrected chi connectivity index (χ1v) is 7.57. The second-order valence-corrected chi connectivity index (χ2v) is 6.94. The smallest absolute Gasteiger partial charge is 0.249 e. The van der Waals surface area contributed by atoms with Crippen LogP contribution < -0.4 is 11.1 Å². The topological polar surface area (TPSA) is 109 Å². The van der Waals surface area contributed by atoms with Gasteiger partial charge in [-0.25, -0.2) is 12.7 Å². The van der Waals surface area contributed by atoms with Crippen molar-refractivity contribution in [3.8, 4) is 0 Å². The van der Waals surface area contributed by atoms with E-state index in [2.05, 4.69) is 9.69 Å². The molecule has 1 aromatic rings. The third-order valence-corrected chi connectivity index (χ3v) is 5.10. The average Bonchev–Trinajstić information content (AvgIpc) is 2.59. The highest BCUT2D eigenvalue weighted by Gasteiger charge is 2.27. The fourth-order valence-electron chi connectivity index (χ4n) is 1.23. The van der Waals surface area contributed by atoms with E-state index in [1.54, 1.807) is 6.92 Å². The van der Waals surface area contributed by atoms with Gasteiger partial charge in [0.15, 0.2) is 10.7 Å². The number of nitrogens with two attached hydrogens (primary N) is 1. The molecule has 1 heterocycles. The summed E-state index contributed by atoms with van der Waals surface area (Å²) in [6.45, 7) is 2.12. The molecule has 1 aromatic heterocycles. The molecular formula is C9H18N4O3S2. The number of aliphatic hydroxyl groups is 1. The predicted molar refractivity (Wildman–Crippen MR) is 72.2 cm³/mol. The highest BCUT2D eigenvalue weighted by molar-refractivity contribution is 7.89. The van der Waals surface area contributed by atoms with Crippen molar-refractivity contribution in [1.29, 1.82) is 0 Å². The van der Waals surface area contributed by atoms with Gasteiger partial charge in [-0.15, -0.1) is 0 Å². The van der Waals surface area contributed by atoms with Crippen LogP contribution >= 0.6 is 11.5 Å². The van der Waals surface area contributed by atoms with Gasteiger partial charge in [0, 0.05) is 20.6 Å². The van der Waals surface area contributed by atoms with Gasteiger partial charge in [0.1, 0.15) is 5.00 Å². The van der Waals surface area contributed by atoms with E-state index in [0.717, 1.165) is 15.8 Å². The molecule has 0 bridgehead atoms. The van der Waals surface area contributed by atoms with Crippen molar-refractivity contribution in [2.75, 3.05) is 31.7 Å². The minimum absolute atomic E-state index is 0.00286. The molecule has 0 aliphatic heterocycles. The van der Waals surface area contributed by atoms with Crippen molar-refractivity contribution in [2.24, 2.45) is 0 Å². The van der Waals surface area contributed by atoms with Crippen LogP contribution in [-0.2, 0) is 10.0 Å². The summed E-state index contributed by atoms with van der Waals surface area (Å²) in [5.74, 6) is -0.00625. The minimum Gasteiger partial charge on any atom is -0.393 e. The maximum absolute atomic E-state index is 12.1. The molecule has 0 aliphatic rings. The lowest BCUT2D eigenvalue weighted by molar-refractivity contribution is 0.189. The van der Waals surface area contributed by atoms with E-state index in [1.165, 1.54) is 14.1 Å². The van der Waals surface area contributed by atoms with E-state index < -0.39 is 16.1 Å². The van der Waals surface area contributed by atoms with Crippen LogP contribution in [0.4, 0.5) is 10.8 Å². The fraction of sp³-hybridized carbons (Fsp3) is 0.667. The van der Waals surface area contributed by atoms with E-state index in [4.69, 9.17) is 10.8 Å². The Morgan fingerprint density at radius 3 is 2.67 bits per heavy atom. The SMILES string of the molecule is CC(O)CCNc1snc(N)c1S(=O)(=O)N(C)C. The zero-order valence-electron chi connectivity index (χ0n) is 10.5. The fourth-order valence-corrected chi connectivity index (χ4v) is 3.34. The molecule has 4 N–H and O–H groups in total. The number of hydrogen-bond acceptors (Lipinski definition) is 7. The highest BCUT2D eigenvalue weighted by Crippen LogP contribution is 2.32. The van der Waals surface area contributed by atoms with Gasteiger partial charge in [0.2, 0.25) is 10.0 Å². The van der Waals surface area contributed by atoms with Crippen LogP contribution in [0.2, 0.25) is 0 Å². The van der Waals surface area contributed by atoms with Crippen LogP contribution in [0.3, 0.4) is 0 Å². The summed E-state index contributed by atoms with van der Waals surface area (Å²) in [4.78, 5) is 0.00286. The quantitative estimate of drug-likeness (QED) is 0.689. The van der Waals surface area contributed by atoms with Crippen molar-refractivity contribution in [1.82, 2.24) is 8.68 Å². The lowest BCUT2D eigenvalue weighted by Gasteiger charge is -2.13. The van der Waals surface area contributed by atoms with Crippen molar-refractivity contribution in [3.05, 3.63) is 0 Å². The molecule has 0 saturated carbocycles. The van der Waals surface area contributed by atoms with Crippen LogP contribution in [0, 0.1) is 0 Å². The lowest BCUT2D eigenvalue weighted by Crippen LogP contribution is -2.24. The number of aromatic nitrogens is 1. The molecule has 0 spiro atoms. The van der Waals surface area contributed by atoms with E-state index in [-0.39, 0.29) is 10.7 Å². The van der Waals surface area contributed by atoms with Gasteiger partial charge < -0.3 is 16.2 Å². The van der Waals surface area contributed by atoms with Gasteiger partial charge >= 0.3 is 0 Å². The van der Waals surface area contributed by atoms with E-state index >= 15 is 0 Å². The highest BCUT2D eigenvalue weighted by atomic mass is 32.2. The first-order chi connectivity index (χ1) is 8.26. The van der Waals surface area contributed by atoms with Crippen LogP contribution in [0.5, 0.6) is 0 Å². The molecule has 0 saturated heterocycles. The van der Waals surface area contributed by atoms with E-state index in [9.17, 15) is 8.42 Å². The summed E-state index contributed by atoms with van der Waals surface area (Å²) in [6.07, 6.45) is 0.0656. The zero-order valence-corrected chi connectivity index (χ0v) is 12.2. The molecule has 9 heteroatoms. The predicted octanol–water partition coefficient (Wildman–Crippen LogP) is 0.158. The maximum Gasteiger partial charge on any atom is 0.249 e.